The molecule has 0 atom stereocenters. The van der Waals surface area contributed by atoms with Crippen molar-refractivity contribution in [3.63, 3.8) is 0 Å². The van der Waals surface area contributed by atoms with Gasteiger partial charge in [-0.1, -0.05) is 84.0 Å². The van der Waals surface area contributed by atoms with Gasteiger partial charge in [-0.3, -0.25) is 0 Å². The molecule has 170 valence electrons. The van der Waals surface area contributed by atoms with Gasteiger partial charge in [-0.25, -0.2) is 0 Å². The van der Waals surface area contributed by atoms with E-state index >= 15 is 0 Å². The number of hydrogen-bond acceptors (Lipinski definition) is 4. The molecule has 0 N–H and O–H groups in total. The first-order valence-electron chi connectivity index (χ1n) is 11.2. The summed E-state index contributed by atoms with van der Waals surface area (Å²) in [4.78, 5) is 0. The van der Waals surface area contributed by atoms with Crippen molar-refractivity contribution in [2.45, 2.75) is 18.6 Å². The fourth-order valence-corrected chi connectivity index (χ4v) is 4.07. The van der Waals surface area contributed by atoms with E-state index < -0.39 is 5.60 Å². The second-order valence-electron chi connectivity index (χ2n) is 8.93. The second kappa shape index (κ2) is 10.0. The minimum absolute atomic E-state index is 0.308. The zero-order chi connectivity index (χ0) is 23.2. The Hall–Kier alpha value is -3.41. The molecule has 0 saturated carbocycles. The molecule has 1 heterocycles. The molecule has 0 aliphatic carbocycles. The van der Waals surface area contributed by atoms with Gasteiger partial charge in [-0.05, 0) is 23.3 Å². The summed E-state index contributed by atoms with van der Waals surface area (Å²) < 4.78 is 12.2. The summed E-state index contributed by atoms with van der Waals surface area (Å²) in [5.41, 5.74) is 0.372. The lowest BCUT2D eigenvalue weighted by Gasteiger charge is -2.39. The van der Waals surface area contributed by atoms with Gasteiger partial charge in [0, 0.05) is 18.1 Å². The zero-order valence-corrected chi connectivity index (χ0v) is 19.2. The highest BCUT2D eigenvalue weighted by Gasteiger charge is 2.29. The Morgan fingerprint density at radius 2 is 1.39 bits per heavy atom. The third kappa shape index (κ3) is 5.51. The Labute approximate surface area is 195 Å². The fourth-order valence-electron chi connectivity index (χ4n) is 4.07. The molecule has 0 aliphatic heterocycles. The molecule has 1 aromatic heterocycles. The van der Waals surface area contributed by atoms with E-state index in [-0.39, 0.29) is 0 Å². The number of nitrogens with zero attached hydrogens (tertiary/aromatic N) is 2. The normalized spacial score (nSPS) is 12.0. The number of benzene rings is 3. The highest BCUT2D eigenvalue weighted by Crippen LogP contribution is 2.34. The van der Waals surface area contributed by atoms with E-state index in [0.29, 0.717) is 34.5 Å². The van der Waals surface area contributed by atoms with E-state index in [1.54, 1.807) is 0 Å². The molecular formula is C28H30N2O3. The summed E-state index contributed by atoms with van der Waals surface area (Å²) in [6, 6.07) is 30.3. The summed E-state index contributed by atoms with van der Waals surface area (Å²) in [6.07, 6.45) is 0.909. The number of aromatic nitrogens is 1. The Kier molecular flexibility index (Phi) is 6.92. The topological polar surface area (TPSA) is 58.3 Å². The number of para-hydroxylation sites is 1. The van der Waals surface area contributed by atoms with Crippen molar-refractivity contribution in [3.8, 4) is 5.75 Å². The fraction of sp³-hybridized carbons (Fsp3) is 0.250. The molecule has 0 saturated heterocycles. The lowest BCUT2D eigenvalue weighted by Crippen LogP contribution is -2.42. The predicted octanol–water partition coefficient (Wildman–Crippen LogP) is 4.37. The van der Waals surface area contributed by atoms with Crippen LogP contribution in [0.4, 0.5) is 0 Å². The summed E-state index contributed by atoms with van der Waals surface area (Å²) in [5.74, 6) is 1.19. The van der Waals surface area contributed by atoms with Crippen LogP contribution in [0.15, 0.2) is 102 Å². The van der Waals surface area contributed by atoms with Crippen LogP contribution in [-0.4, -0.2) is 36.9 Å². The van der Waals surface area contributed by atoms with Gasteiger partial charge >= 0.3 is 0 Å². The summed E-state index contributed by atoms with van der Waals surface area (Å²) in [6.45, 7) is 2.23. The highest BCUT2D eigenvalue weighted by atomic mass is 16.5. The maximum absolute atomic E-state index is 14.3. The molecule has 0 bridgehead atoms. The monoisotopic (exact) mass is 442 g/mol. The Balaban J connectivity index is 1.46. The number of rotatable bonds is 10. The van der Waals surface area contributed by atoms with Gasteiger partial charge in [-0.15, -0.1) is 0 Å². The smallest absolute Gasteiger partial charge is 0.138 e. The number of quaternary nitrogens is 1. The van der Waals surface area contributed by atoms with Crippen LogP contribution in [-0.2, 0) is 12.1 Å². The molecule has 0 spiro atoms. The number of ether oxygens (including phenoxy) is 1. The van der Waals surface area contributed by atoms with Gasteiger partial charge in [0.15, 0.2) is 0 Å². The van der Waals surface area contributed by atoms with Gasteiger partial charge in [0.2, 0.25) is 0 Å². The van der Waals surface area contributed by atoms with Crippen LogP contribution >= 0.6 is 0 Å². The summed E-state index contributed by atoms with van der Waals surface area (Å²) >= 11 is 0. The first-order chi connectivity index (χ1) is 16.0. The zero-order valence-electron chi connectivity index (χ0n) is 19.2. The molecule has 5 heteroatoms. The summed E-state index contributed by atoms with van der Waals surface area (Å²) in [5, 5.41) is 18.5. The van der Waals surface area contributed by atoms with Crippen molar-refractivity contribution in [3.05, 3.63) is 120 Å². The molecule has 33 heavy (non-hydrogen) atoms. The average molecular weight is 443 g/mol. The van der Waals surface area contributed by atoms with Gasteiger partial charge in [0.1, 0.15) is 23.7 Å². The standard InChI is InChI=1S/C28H30N2O3/c1-30(2,19-12-20-32-26-17-10-5-11-18-26)22-25-21-27(33-29-25)28(31,23-13-6-3-7-14-23)24-15-8-4-9-16-24/h3-11,13-18,21H,12,19-20,22H2,1-2H3. The van der Waals surface area contributed by atoms with Crippen molar-refractivity contribution >= 4 is 0 Å². The van der Waals surface area contributed by atoms with Crippen LogP contribution in [0.3, 0.4) is 0 Å². The second-order valence-corrected chi connectivity index (χ2v) is 8.93. The van der Waals surface area contributed by atoms with E-state index in [1.807, 2.05) is 97.1 Å². The maximum atomic E-state index is 14.3. The molecule has 3 aromatic carbocycles. The Morgan fingerprint density at radius 1 is 0.848 bits per heavy atom. The van der Waals surface area contributed by atoms with Crippen LogP contribution in [0.25, 0.3) is 0 Å². The molecule has 0 fully saturated rings. The van der Waals surface area contributed by atoms with Crippen molar-refractivity contribution in [1.29, 1.82) is 0 Å². The lowest BCUT2D eigenvalue weighted by molar-refractivity contribution is -0.904. The minimum atomic E-state index is -1.66. The van der Waals surface area contributed by atoms with Gasteiger partial charge < -0.3 is 18.8 Å². The van der Waals surface area contributed by atoms with E-state index in [9.17, 15) is 5.11 Å². The van der Waals surface area contributed by atoms with E-state index in [1.165, 1.54) is 0 Å². The van der Waals surface area contributed by atoms with Crippen LogP contribution < -0.4 is 9.84 Å². The molecule has 0 aliphatic rings. The first-order valence-corrected chi connectivity index (χ1v) is 11.2. The summed E-state index contributed by atoms with van der Waals surface area (Å²) in [7, 11) is 4.30. The van der Waals surface area contributed by atoms with Crippen LogP contribution in [0.2, 0.25) is 0 Å². The van der Waals surface area contributed by atoms with Crippen molar-refractivity contribution in [2.75, 3.05) is 27.2 Å². The largest absolute Gasteiger partial charge is 0.837 e. The third-order valence-corrected chi connectivity index (χ3v) is 5.78. The molecule has 4 aromatic rings. The van der Waals surface area contributed by atoms with E-state index in [4.69, 9.17) is 9.26 Å². The Bertz CT molecular complexity index is 1090. The minimum Gasteiger partial charge on any atom is -0.837 e. The van der Waals surface area contributed by atoms with Crippen LogP contribution in [0.5, 0.6) is 5.75 Å². The van der Waals surface area contributed by atoms with Crippen molar-refractivity contribution < 1.29 is 18.8 Å². The average Bonchev–Trinajstić information content (AvgIpc) is 3.31. The van der Waals surface area contributed by atoms with Crippen LogP contribution in [0.1, 0.15) is 29.0 Å². The first kappa shape index (κ1) is 22.8. The quantitative estimate of drug-likeness (QED) is 0.270. The van der Waals surface area contributed by atoms with Gasteiger partial charge in [-0.2, -0.15) is 0 Å². The Morgan fingerprint density at radius 3 is 1.97 bits per heavy atom. The lowest BCUT2D eigenvalue weighted by atomic mass is 9.84. The van der Waals surface area contributed by atoms with Crippen LogP contribution in [0, 0.1) is 0 Å². The SMILES string of the molecule is C[N+](C)(CCCOc1ccccc1)Cc1cc(C([O-])(c2ccccc2)c2ccccc2)on1. The molecule has 0 amide bonds. The predicted molar refractivity (Wildman–Crippen MR) is 127 cm³/mol. The molecular weight excluding hydrogens is 412 g/mol. The van der Waals surface area contributed by atoms with E-state index in [0.717, 1.165) is 24.4 Å². The maximum Gasteiger partial charge on any atom is 0.138 e. The third-order valence-electron chi connectivity index (χ3n) is 5.78. The van der Waals surface area contributed by atoms with Crippen molar-refractivity contribution in [1.82, 2.24) is 5.16 Å². The molecule has 5 nitrogen and oxygen atoms in total. The van der Waals surface area contributed by atoms with Gasteiger partial charge in [0.05, 0.1) is 27.2 Å². The van der Waals surface area contributed by atoms with Crippen molar-refractivity contribution in [2.24, 2.45) is 0 Å². The molecule has 4 rings (SSSR count). The van der Waals surface area contributed by atoms with Gasteiger partial charge in [0.25, 0.3) is 0 Å². The number of hydrogen-bond donors (Lipinski definition) is 0. The highest BCUT2D eigenvalue weighted by molar-refractivity contribution is 5.42. The molecule has 0 unspecified atom stereocenters. The molecule has 0 radical (unpaired) electrons. The van der Waals surface area contributed by atoms with E-state index in [2.05, 4.69) is 19.3 Å².